The molecule has 0 radical (unpaired) electrons. The summed E-state index contributed by atoms with van der Waals surface area (Å²) in [7, 11) is 1.51. The summed E-state index contributed by atoms with van der Waals surface area (Å²) >= 11 is 0. The Balaban J connectivity index is 2.82. The summed E-state index contributed by atoms with van der Waals surface area (Å²) in [5.41, 5.74) is 0.958. The van der Waals surface area contributed by atoms with Gasteiger partial charge in [-0.2, -0.15) is 5.26 Å². The van der Waals surface area contributed by atoms with Crippen molar-refractivity contribution in [3.63, 3.8) is 0 Å². The lowest BCUT2D eigenvalue weighted by atomic mass is 10.2. The molecule has 0 aromatic heterocycles. The highest BCUT2D eigenvalue weighted by Crippen LogP contribution is 2.14. The minimum absolute atomic E-state index is 0.299. The van der Waals surface area contributed by atoms with Crippen LogP contribution in [-0.4, -0.2) is 30.2 Å². The normalized spacial score (nSPS) is 11.2. The van der Waals surface area contributed by atoms with E-state index < -0.39 is 18.0 Å². The SMILES string of the molecule is CC[C@H](NC(=O)N(C)c1cccc(C#N)c1)C(=O)O. The van der Waals surface area contributed by atoms with E-state index in [-0.39, 0.29) is 0 Å². The van der Waals surface area contributed by atoms with Gasteiger partial charge in [0.05, 0.1) is 11.6 Å². The number of carboxylic acid groups (broad SMARTS) is 1. The number of nitriles is 1. The van der Waals surface area contributed by atoms with E-state index in [1.807, 2.05) is 6.07 Å². The molecule has 0 saturated heterocycles. The van der Waals surface area contributed by atoms with Gasteiger partial charge in [-0.3, -0.25) is 4.90 Å². The monoisotopic (exact) mass is 261 g/mol. The van der Waals surface area contributed by atoms with Crippen LogP contribution < -0.4 is 10.2 Å². The number of carbonyl (C=O) groups is 2. The van der Waals surface area contributed by atoms with Crippen molar-refractivity contribution < 1.29 is 14.7 Å². The molecule has 2 amide bonds. The standard InChI is InChI=1S/C13H15N3O3/c1-3-11(12(17)18)15-13(19)16(2)10-6-4-5-9(7-10)8-14/h4-7,11H,3H2,1-2H3,(H,15,19)(H,17,18)/t11-/m0/s1. The Labute approximate surface area is 111 Å². The topological polar surface area (TPSA) is 93.4 Å². The van der Waals surface area contributed by atoms with E-state index >= 15 is 0 Å². The molecule has 0 fully saturated rings. The lowest BCUT2D eigenvalue weighted by Gasteiger charge is -2.21. The number of amides is 2. The second-order valence-corrected chi connectivity index (χ2v) is 3.97. The number of anilines is 1. The van der Waals surface area contributed by atoms with Crippen molar-refractivity contribution in [2.75, 3.05) is 11.9 Å². The molecule has 1 aromatic carbocycles. The minimum atomic E-state index is -1.07. The van der Waals surface area contributed by atoms with Crippen LogP contribution in [0.15, 0.2) is 24.3 Å². The van der Waals surface area contributed by atoms with Crippen LogP contribution in [0.3, 0.4) is 0 Å². The second-order valence-electron chi connectivity index (χ2n) is 3.97. The summed E-state index contributed by atoms with van der Waals surface area (Å²) < 4.78 is 0. The van der Waals surface area contributed by atoms with Crippen molar-refractivity contribution in [3.8, 4) is 6.07 Å². The average molecular weight is 261 g/mol. The fraction of sp³-hybridized carbons (Fsp3) is 0.308. The fourth-order valence-corrected chi connectivity index (χ4v) is 1.49. The van der Waals surface area contributed by atoms with Crippen LogP contribution in [-0.2, 0) is 4.79 Å². The van der Waals surface area contributed by atoms with Gasteiger partial charge in [0.2, 0.25) is 0 Å². The molecule has 0 aliphatic rings. The zero-order valence-corrected chi connectivity index (χ0v) is 10.8. The molecule has 6 nitrogen and oxygen atoms in total. The van der Waals surface area contributed by atoms with Crippen molar-refractivity contribution in [2.24, 2.45) is 0 Å². The summed E-state index contributed by atoms with van der Waals surface area (Å²) in [4.78, 5) is 24.0. The molecule has 0 heterocycles. The summed E-state index contributed by atoms with van der Waals surface area (Å²) in [5, 5.41) is 20.1. The lowest BCUT2D eigenvalue weighted by molar-refractivity contribution is -0.139. The third-order valence-corrected chi connectivity index (χ3v) is 2.67. The van der Waals surface area contributed by atoms with E-state index in [4.69, 9.17) is 10.4 Å². The van der Waals surface area contributed by atoms with Crippen LogP contribution in [0.1, 0.15) is 18.9 Å². The number of aliphatic carboxylic acids is 1. The average Bonchev–Trinajstić information content (AvgIpc) is 2.43. The van der Waals surface area contributed by atoms with Crippen molar-refractivity contribution in [3.05, 3.63) is 29.8 Å². The second kappa shape index (κ2) is 6.40. The molecule has 1 atom stereocenters. The Kier molecular flexibility index (Phi) is 4.89. The van der Waals surface area contributed by atoms with Crippen LogP contribution in [0.25, 0.3) is 0 Å². The molecule has 6 heteroatoms. The Morgan fingerprint density at radius 2 is 2.21 bits per heavy atom. The van der Waals surface area contributed by atoms with Gasteiger partial charge < -0.3 is 10.4 Å². The van der Waals surface area contributed by atoms with Crippen LogP contribution in [0.5, 0.6) is 0 Å². The molecule has 0 unspecified atom stereocenters. The van der Waals surface area contributed by atoms with Crippen molar-refractivity contribution in [2.45, 2.75) is 19.4 Å². The van der Waals surface area contributed by atoms with Gasteiger partial charge in [-0.1, -0.05) is 13.0 Å². The fourth-order valence-electron chi connectivity index (χ4n) is 1.49. The molecule has 0 bridgehead atoms. The summed E-state index contributed by atoms with van der Waals surface area (Å²) in [6.07, 6.45) is 0.299. The van der Waals surface area contributed by atoms with E-state index in [0.29, 0.717) is 17.7 Å². The highest BCUT2D eigenvalue weighted by Gasteiger charge is 2.20. The van der Waals surface area contributed by atoms with Gasteiger partial charge >= 0.3 is 12.0 Å². The number of rotatable bonds is 4. The number of carbonyl (C=O) groups excluding carboxylic acids is 1. The molecular weight excluding hydrogens is 246 g/mol. The molecule has 0 saturated carbocycles. The summed E-state index contributed by atoms with van der Waals surface area (Å²) in [6, 6.07) is 7.04. The number of hydrogen-bond acceptors (Lipinski definition) is 3. The number of urea groups is 1. The number of nitrogens with zero attached hydrogens (tertiary/aromatic N) is 2. The van der Waals surface area contributed by atoms with Gasteiger partial charge in [0.15, 0.2) is 0 Å². The summed E-state index contributed by atoms with van der Waals surface area (Å²) in [5.74, 6) is -1.07. The van der Waals surface area contributed by atoms with Crippen LogP contribution >= 0.6 is 0 Å². The van der Waals surface area contributed by atoms with Crippen molar-refractivity contribution in [1.29, 1.82) is 5.26 Å². The van der Waals surface area contributed by atoms with Crippen molar-refractivity contribution in [1.82, 2.24) is 5.32 Å². The zero-order chi connectivity index (χ0) is 14.4. The number of nitrogens with one attached hydrogen (secondary N) is 1. The molecule has 1 rings (SSSR count). The van der Waals surface area contributed by atoms with Gasteiger partial charge in [0.25, 0.3) is 0 Å². The Bertz CT molecular complexity index is 522. The maximum absolute atomic E-state index is 11.9. The molecule has 100 valence electrons. The first kappa shape index (κ1) is 14.5. The maximum atomic E-state index is 11.9. The minimum Gasteiger partial charge on any atom is -0.480 e. The molecule has 2 N–H and O–H groups in total. The Morgan fingerprint density at radius 1 is 1.53 bits per heavy atom. The van der Waals surface area contributed by atoms with Crippen LogP contribution in [0.4, 0.5) is 10.5 Å². The molecule has 0 spiro atoms. The third kappa shape index (κ3) is 3.71. The third-order valence-electron chi connectivity index (χ3n) is 2.67. The Hall–Kier alpha value is -2.55. The van der Waals surface area contributed by atoms with E-state index in [0.717, 1.165) is 0 Å². The van der Waals surface area contributed by atoms with E-state index in [2.05, 4.69) is 5.32 Å². The quantitative estimate of drug-likeness (QED) is 0.860. The zero-order valence-electron chi connectivity index (χ0n) is 10.8. The first-order valence-corrected chi connectivity index (χ1v) is 5.76. The number of carboxylic acids is 1. The maximum Gasteiger partial charge on any atom is 0.326 e. The van der Waals surface area contributed by atoms with Gasteiger partial charge in [-0.25, -0.2) is 9.59 Å². The smallest absolute Gasteiger partial charge is 0.326 e. The molecule has 19 heavy (non-hydrogen) atoms. The molecular formula is C13H15N3O3. The van der Waals surface area contributed by atoms with Gasteiger partial charge in [0.1, 0.15) is 6.04 Å². The van der Waals surface area contributed by atoms with Crippen molar-refractivity contribution >= 4 is 17.7 Å². The van der Waals surface area contributed by atoms with Crippen LogP contribution in [0.2, 0.25) is 0 Å². The molecule has 0 aliphatic carbocycles. The molecule has 0 aliphatic heterocycles. The van der Waals surface area contributed by atoms with E-state index in [1.54, 1.807) is 31.2 Å². The largest absolute Gasteiger partial charge is 0.480 e. The molecule has 1 aromatic rings. The predicted octanol–water partition coefficient (Wildman–Crippen LogP) is 1.57. The number of benzene rings is 1. The first-order valence-electron chi connectivity index (χ1n) is 5.76. The van der Waals surface area contributed by atoms with Gasteiger partial charge in [-0.05, 0) is 24.6 Å². The highest BCUT2D eigenvalue weighted by atomic mass is 16.4. The highest BCUT2D eigenvalue weighted by molar-refractivity contribution is 5.94. The van der Waals surface area contributed by atoms with Gasteiger partial charge in [0, 0.05) is 12.7 Å². The number of hydrogen-bond donors (Lipinski definition) is 2. The van der Waals surface area contributed by atoms with E-state index in [9.17, 15) is 9.59 Å². The Morgan fingerprint density at radius 3 is 2.74 bits per heavy atom. The predicted molar refractivity (Wildman–Crippen MR) is 69.8 cm³/mol. The van der Waals surface area contributed by atoms with E-state index in [1.165, 1.54) is 11.9 Å². The van der Waals surface area contributed by atoms with Gasteiger partial charge in [-0.15, -0.1) is 0 Å². The first-order chi connectivity index (χ1) is 8.99. The lowest BCUT2D eigenvalue weighted by Crippen LogP contribution is -2.46. The van der Waals surface area contributed by atoms with Crippen LogP contribution in [0, 0.1) is 11.3 Å². The summed E-state index contributed by atoms with van der Waals surface area (Å²) in [6.45, 7) is 1.68.